The highest BCUT2D eigenvalue weighted by Gasteiger charge is 2.23. The molecule has 1 heterocycles. The van der Waals surface area contributed by atoms with Gasteiger partial charge in [-0.1, -0.05) is 42.0 Å². The average Bonchev–Trinajstić information content (AvgIpc) is 2.75. The van der Waals surface area contributed by atoms with Gasteiger partial charge >= 0.3 is 0 Å². The first-order valence-electron chi connectivity index (χ1n) is 11.4. The maximum atomic E-state index is 12.7. The molecule has 4 nitrogen and oxygen atoms in total. The molecule has 0 aromatic heterocycles. The van der Waals surface area contributed by atoms with Gasteiger partial charge in [-0.15, -0.1) is 0 Å². The second-order valence-corrected chi connectivity index (χ2v) is 8.63. The third kappa shape index (κ3) is 7.02. The van der Waals surface area contributed by atoms with E-state index in [1.165, 1.54) is 36.8 Å². The maximum Gasteiger partial charge on any atom is 0.224 e. The minimum absolute atomic E-state index is 0.0794. The summed E-state index contributed by atoms with van der Waals surface area (Å²) in [6, 6.07) is 10.6. The number of carbonyl (C=O) groups is 2. The topological polar surface area (TPSA) is 40.6 Å². The van der Waals surface area contributed by atoms with E-state index in [1.807, 2.05) is 9.80 Å². The highest BCUT2D eigenvalue weighted by atomic mass is 16.2. The molecule has 2 aliphatic rings. The summed E-state index contributed by atoms with van der Waals surface area (Å²) in [5.74, 6) is 0.945. The number of benzene rings is 1. The van der Waals surface area contributed by atoms with E-state index >= 15 is 0 Å². The van der Waals surface area contributed by atoms with Crippen LogP contribution >= 0.6 is 0 Å². The summed E-state index contributed by atoms with van der Waals surface area (Å²) in [6.07, 6.45) is 11.9. The number of allylic oxidation sites excluding steroid dienone is 1. The standard InChI is InChI=1S/C25H36N2O2/c1-21(28)26(16-12-22-8-4-2-5-9-22)19-15-25(29)27-17-13-24(14-18-27)20-23-10-6-3-7-11-23/h3,6-8,10-11,24H,2,4-5,9,12-20H2,1H3. The van der Waals surface area contributed by atoms with Crippen LogP contribution in [0.4, 0.5) is 0 Å². The lowest BCUT2D eigenvalue weighted by Crippen LogP contribution is -2.41. The summed E-state index contributed by atoms with van der Waals surface area (Å²) in [5, 5.41) is 0. The molecule has 29 heavy (non-hydrogen) atoms. The molecule has 1 aliphatic heterocycles. The Labute approximate surface area is 176 Å². The van der Waals surface area contributed by atoms with Gasteiger partial charge in [0.25, 0.3) is 0 Å². The first-order valence-corrected chi connectivity index (χ1v) is 11.4. The molecule has 0 radical (unpaired) electrons. The Kier molecular flexibility index (Phi) is 8.33. The van der Waals surface area contributed by atoms with Crippen molar-refractivity contribution in [2.75, 3.05) is 26.2 Å². The smallest absolute Gasteiger partial charge is 0.224 e. The summed E-state index contributed by atoms with van der Waals surface area (Å²) < 4.78 is 0. The number of hydrogen-bond donors (Lipinski definition) is 0. The molecule has 158 valence electrons. The van der Waals surface area contributed by atoms with Crippen LogP contribution in [0.3, 0.4) is 0 Å². The van der Waals surface area contributed by atoms with Crippen molar-refractivity contribution < 1.29 is 9.59 Å². The molecule has 0 spiro atoms. The molecule has 4 heteroatoms. The lowest BCUT2D eigenvalue weighted by atomic mass is 9.90. The summed E-state index contributed by atoms with van der Waals surface area (Å²) in [7, 11) is 0. The molecule has 2 amide bonds. The third-order valence-electron chi connectivity index (χ3n) is 6.46. The van der Waals surface area contributed by atoms with Gasteiger partial charge in [0.1, 0.15) is 0 Å². The van der Waals surface area contributed by atoms with E-state index in [2.05, 4.69) is 36.4 Å². The second-order valence-electron chi connectivity index (χ2n) is 8.63. The molecule has 1 aliphatic carbocycles. The zero-order valence-corrected chi connectivity index (χ0v) is 17.9. The molecule has 0 N–H and O–H groups in total. The summed E-state index contributed by atoms with van der Waals surface area (Å²) in [4.78, 5) is 28.5. The average molecular weight is 397 g/mol. The molecule has 0 unspecified atom stereocenters. The first-order chi connectivity index (χ1) is 14.1. The Morgan fingerprint density at radius 2 is 1.83 bits per heavy atom. The van der Waals surface area contributed by atoms with Gasteiger partial charge < -0.3 is 9.80 Å². The molecule has 1 aromatic rings. The van der Waals surface area contributed by atoms with Crippen molar-refractivity contribution in [3.63, 3.8) is 0 Å². The fraction of sp³-hybridized carbons (Fsp3) is 0.600. The van der Waals surface area contributed by atoms with Gasteiger partial charge in [-0.2, -0.15) is 0 Å². The zero-order valence-electron chi connectivity index (χ0n) is 17.9. The molecule has 0 bridgehead atoms. The van der Waals surface area contributed by atoms with Crippen LogP contribution in [-0.2, 0) is 16.0 Å². The number of nitrogens with zero attached hydrogens (tertiary/aromatic N) is 2. The normalized spacial score (nSPS) is 17.7. The van der Waals surface area contributed by atoms with Gasteiger partial charge in [-0.05, 0) is 62.8 Å². The summed E-state index contributed by atoms with van der Waals surface area (Å²) in [6.45, 7) is 4.61. The minimum Gasteiger partial charge on any atom is -0.343 e. The zero-order chi connectivity index (χ0) is 20.5. The maximum absolute atomic E-state index is 12.7. The van der Waals surface area contributed by atoms with E-state index in [0.717, 1.165) is 45.3 Å². The number of piperidine rings is 1. The van der Waals surface area contributed by atoms with Crippen LogP contribution in [0, 0.1) is 5.92 Å². The van der Waals surface area contributed by atoms with Crippen LogP contribution in [0.5, 0.6) is 0 Å². The monoisotopic (exact) mass is 396 g/mol. The largest absolute Gasteiger partial charge is 0.343 e. The van der Waals surface area contributed by atoms with Crippen molar-refractivity contribution in [1.82, 2.24) is 9.80 Å². The Bertz CT molecular complexity index is 690. The van der Waals surface area contributed by atoms with E-state index < -0.39 is 0 Å². The third-order valence-corrected chi connectivity index (χ3v) is 6.46. The fourth-order valence-corrected chi connectivity index (χ4v) is 4.56. The van der Waals surface area contributed by atoms with Gasteiger partial charge in [0, 0.05) is 39.5 Å². The molecule has 1 fully saturated rings. The number of amides is 2. The van der Waals surface area contributed by atoms with Gasteiger partial charge in [-0.3, -0.25) is 9.59 Å². The lowest BCUT2D eigenvalue weighted by Gasteiger charge is -2.33. The number of carbonyl (C=O) groups excluding carboxylic acids is 2. The van der Waals surface area contributed by atoms with E-state index in [1.54, 1.807) is 6.92 Å². The van der Waals surface area contributed by atoms with E-state index in [-0.39, 0.29) is 11.8 Å². The van der Waals surface area contributed by atoms with E-state index in [9.17, 15) is 9.59 Å². The Hall–Kier alpha value is -2.10. The quantitative estimate of drug-likeness (QED) is 0.603. The number of likely N-dealkylation sites (tertiary alicyclic amines) is 1. The van der Waals surface area contributed by atoms with Crippen LogP contribution in [0.2, 0.25) is 0 Å². The van der Waals surface area contributed by atoms with Crippen LogP contribution in [0.25, 0.3) is 0 Å². The summed E-state index contributed by atoms with van der Waals surface area (Å²) >= 11 is 0. The van der Waals surface area contributed by atoms with Crippen molar-refractivity contribution in [3.8, 4) is 0 Å². The predicted molar refractivity (Wildman–Crippen MR) is 117 cm³/mol. The van der Waals surface area contributed by atoms with Crippen LogP contribution < -0.4 is 0 Å². The van der Waals surface area contributed by atoms with Gasteiger partial charge in [0.15, 0.2) is 0 Å². The molecule has 0 saturated carbocycles. The molecular formula is C25H36N2O2. The highest BCUT2D eigenvalue weighted by molar-refractivity contribution is 5.78. The molecule has 3 rings (SSSR count). The van der Waals surface area contributed by atoms with Crippen molar-refractivity contribution >= 4 is 11.8 Å². The number of rotatable bonds is 8. The Balaban J connectivity index is 1.38. The molecular weight excluding hydrogens is 360 g/mol. The first kappa shape index (κ1) is 21.6. The van der Waals surface area contributed by atoms with Crippen molar-refractivity contribution in [3.05, 3.63) is 47.5 Å². The van der Waals surface area contributed by atoms with E-state index in [4.69, 9.17) is 0 Å². The van der Waals surface area contributed by atoms with Crippen LogP contribution in [-0.4, -0.2) is 47.8 Å². The Morgan fingerprint density at radius 3 is 2.48 bits per heavy atom. The Morgan fingerprint density at radius 1 is 1.07 bits per heavy atom. The highest BCUT2D eigenvalue weighted by Crippen LogP contribution is 2.23. The van der Waals surface area contributed by atoms with Gasteiger partial charge in [-0.25, -0.2) is 0 Å². The number of hydrogen-bond acceptors (Lipinski definition) is 2. The van der Waals surface area contributed by atoms with Crippen molar-refractivity contribution in [1.29, 1.82) is 0 Å². The van der Waals surface area contributed by atoms with Crippen LogP contribution in [0.15, 0.2) is 42.0 Å². The van der Waals surface area contributed by atoms with Crippen LogP contribution in [0.1, 0.15) is 63.9 Å². The van der Waals surface area contributed by atoms with Crippen molar-refractivity contribution in [2.24, 2.45) is 5.92 Å². The second kappa shape index (κ2) is 11.2. The molecule has 0 atom stereocenters. The van der Waals surface area contributed by atoms with Gasteiger partial charge in [0.2, 0.25) is 11.8 Å². The van der Waals surface area contributed by atoms with Crippen molar-refractivity contribution in [2.45, 2.75) is 64.7 Å². The predicted octanol–water partition coefficient (Wildman–Crippen LogP) is 4.60. The molecule has 1 saturated heterocycles. The SMILES string of the molecule is CC(=O)N(CCC(=O)N1CCC(Cc2ccccc2)CC1)CCC1=CCCCC1. The van der Waals surface area contributed by atoms with Gasteiger partial charge in [0.05, 0.1) is 0 Å². The minimum atomic E-state index is 0.0794. The summed E-state index contributed by atoms with van der Waals surface area (Å²) in [5.41, 5.74) is 2.87. The lowest BCUT2D eigenvalue weighted by molar-refractivity contribution is -0.134. The fourth-order valence-electron chi connectivity index (χ4n) is 4.56. The van der Waals surface area contributed by atoms with E-state index in [0.29, 0.717) is 18.9 Å². The molecule has 1 aromatic carbocycles.